The Morgan fingerprint density at radius 2 is 1.80 bits per heavy atom. The van der Waals surface area contributed by atoms with Crippen molar-refractivity contribution in [1.29, 1.82) is 0 Å². The fourth-order valence-electron chi connectivity index (χ4n) is 4.41. The van der Waals surface area contributed by atoms with Crippen LogP contribution in [0.2, 0.25) is 0 Å². The number of aliphatic hydroxyl groups is 3. The molecule has 2 heterocycles. The minimum Gasteiger partial charge on any atom is -0.490 e. The number of benzene rings is 2. The van der Waals surface area contributed by atoms with E-state index in [1.807, 2.05) is 19.1 Å². The highest BCUT2D eigenvalue weighted by molar-refractivity contribution is 5.59. The van der Waals surface area contributed by atoms with E-state index in [2.05, 4.69) is 36.5 Å². The van der Waals surface area contributed by atoms with E-state index in [1.165, 1.54) is 11.1 Å². The summed E-state index contributed by atoms with van der Waals surface area (Å²) in [4.78, 5) is 0. The van der Waals surface area contributed by atoms with Crippen molar-refractivity contribution < 1.29 is 24.8 Å². The van der Waals surface area contributed by atoms with Crippen LogP contribution in [0.4, 0.5) is 5.69 Å². The van der Waals surface area contributed by atoms with Gasteiger partial charge in [-0.25, -0.2) is 0 Å². The second kappa shape index (κ2) is 8.94. The second-order valence-electron chi connectivity index (χ2n) is 8.14. The summed E-state index contributed by atoms with van der Waals surface area (Å²) in [5, 5.41) is 34.4. The molecule has 2 aliphatic rings. The maximum absolute atomic E-state index is 10.6. The normalized spacial score (nSPS) is 28.4. The lowest BCUT2D eigenvalue weighted by molar-refractivity contribution is -0.225. The molecule has 1 saturated heterocycles. The minimum atomic E-state index is -1.23. The molecule has 0 saturated carbocycles. The molecular formula is C24H31NO5. The van der Waals surface area contributed by atoms with E-state index in [9.17, 15) is 15.3 Å². The van der Waals surface area contributed by atoms with Crippen LogP contribution in [0.15, 0.2) is 36.4 Å². The van der Waals surface area contributed by atoms with Gasteiger partial charge in [0.25, 0.3) is 0 Å². The van der Waals surface area contributed by atoms with Crippen molar-refractivity contribution in [1.82, 2.24) is 0 Å². The Bertz CT molecular complexity index is 884. The molecule has 6 heteroatoms. The molecule has 2 aromatic carbocycles. The molecule has 162 valence electrons. The van der Waals surface area contributed by atoms with E-state index in [0.29, 0.717) is 13.0 Å². The van der Waals surface area contributed by atoms with E-state index in [1.54, 1.807) is 0 Å². The van der Waals surface area contributed by atoms with Gasteiger partial charge in [-0.05, 0) is 53.6 Å². The maximum Gasteiger partial charge on any atom is 0.142 e. The lowest BCUT2D eigenvalue weighted by atomic mass is 9.88. The van der Waals surface area contributed by atoms with E-state index >= 15 is 0 Å². The van der Waals surface area contributed by atoms with Gasteiger partial charge in [-0.2, -0.15) is 0 Å². The average Bonchev–Trinajstić information content (AvgIpc) is 2.77. The predicted molar refractivity (Wildman–Crippen MR) is 115 cm³/mol. The summed E-state index contributed by atoms with van der Waals surface area (Å²) in [6, 6.07) is 12.3. The Balaban J connectivity index is 1.62. The Morgan fingerprint density at radius 1 is 0.967 bits per heavy atom. The zero-order valence-electron chi connectivity index (χ0n) is 17.5. The summed E-state index contributed by atoms with van der Waals surface area (Å²) in [6.45, 7) is 5.50. The molecule has 30 heavy (non-hydrogen) atoms. The van der Waals surface area contributed by atoms with E-state index in [4.69, 9.17) is 9.47 Å². The van der Waals surface area contributed by atoms with Gasteiger partial charge in [0.05, 0.1) is 11.8 Å². The number of anilines is 1. The molecule has 0 aliphatic carbocycles. The van der Waals surface area contributed by atoms with Gasteiger partial charge >= 0.3 is 0 Å². The third-order valence-corrected chi connectivity index (χ3v) is 6.17. The van der Waals surface area contributed by atoms with Gasteiger partial charge in [-0.3, -0.25) is 0 Å². The van der Waals surface area contributed by atoms with Crippen LogP contribution in [-0.2, 0) is 17.6 Å². The molecule has 0 spiro atoms. The van der Waals surface area contributed by atoms with Crippen molar-refractivity contribution in [2.45, 2.75) is 63.6 Å². The molecule has 0 bridgehead atoms. The molecule has 0 unspecified atom stereocenters. The Morgan fingerprint density at radius 3 is 2.57 bits per heavy atom. The summed E-state index contributed by atoms with van der Waals surface area (Å²) >= 11 is 0. The molecule has 0 aromatic heterocycles. The lowest BCUT2D eigenvalue weighted by Crippen LogP contribution is -2.53. The topological polar surface area (TPSA) is 91.2 Å². The van der Waals surface area contributed by atoms with E-state index < -0.39 is 30.5 Å². The fraction of sp³-hybridized carbons (Fsp3) is 0.500. The molecule has 4 rings (SSSR count). The molecular weight excluding hydrogens is 382 g/mol. The summed E-state index contributed by atoms with van der Waals surface area (Å²) in [7, 11) is 0. The van der Waals surface area contributed by atoms with E-state index in [0.717, 1.165) is 42.0 Å². The lowest BCUT2D eigenvalue weighted by Gasteiger charge is -2.40. The molecule has 1 fully saturated rings. The van der Waals surface area contributed by atoms with Gasteiger partial charge in [-0.1, -0.05) is 38.1 Å². The highest BCUT2D eigenvalue weighted by atomic mass is 16.5. The first-order valence-corrected chi connectivity index (χ1v) is 10.8. The minimum absolute atomic E-state index is 0.505. The molecule has 2 aromatic rings. The Kier molecular flexibility index (Phi) is 6.29. The van der Waals surface area contributed by atoms with Crippen LogP contribution in [0.5, 0.6) is 5.75 Å². The molecule has 4 N–H and O–H groups in total. The van der Waals surface area contributed by atoms with Crippen LogP contribution in [0.1, 0.15) is 48.6 Å². The van der Waals surface area contributed by atoms with Gasteiger partial charge in [0.2, 0.25) is 0 Å². The standard InChI is InChI=1S/C24H31NO5/c1-3-15-6-7-16(24-23(28)22(27)21(26)19(4-2)30-24)13-17(15)11-14-5-8-20-18(12-14)25-9-10-29-20/h5-8,12-13,19,21-28H,3-4,9-11H2,1-2H3/t19-,21-,22+,23-,24+/m1/s1. The third kappa shape index (κ3) is 4.05. The smallest absolute Gasteiger partial charge is 0.142 e. The summed E-state index contributed by atoms with van der Waals surface area (Å²) in [6.07, 6.45) is -2.45. The van der Waals surface area contributed by atoms with Crippen molar-refractivity contribution in [3.8, 4) is 5.75 Å². The maximum atomic E-state index is 10.6. The van der Waals surface area contributed by atoms with Crippen LogP contribution in [0.3, 0.4) is 0 Å². The van der Waals surface area contributed by atoms with Crippen molar-refractivity contribution in [2.75, 3.05) is 18.5 Å². The monoisotopic (exact) mass is 413 g/mol. The van der Waals surface area contributed by atoms with Crippen molar-refractivity contribution in [3.05, 3.63) is 58.7 Å². The van der Waals surface area contributed by atoms with Gasteiger partial charge < -0.3 is 30.1 Å². The Labute approximate surface area is 177 Å². The van der Waals surface area contributed by atoms with E-state index in [-0.39, 0.29) is 0 Å². The number of nitrogens with one attached hydrogen (secondary N) is 1. The van der Waals surface area contributed by atoms with Crippen molar-refractivity contribution >= 4 is 5.69 Å². The summed E-state index contributed by atoms with van der Waals surface area (Å²) in [5.41, 5.74) is 5.40. The zero-order valence-corrected chi connectivity index (χ0v) is 17.5. The molecule has 6 nitrogen and oxygen atoms in total. The number of hydrogen-bond acceptors (Lipinski definition) is 6. The van der Waals surface area contributed by atoms with Crippen LogP contribution in [0, 0.1) is 0 Å². The molecule has 2 aliphatic heterocycles. The van der Waals surface area contributed by atoms with Gasteiger partial charge in [0.1, 0.15) is 36.8 Å². The number of aliphatic hydroxyl groups excluding tert-OH is 3. The summed E-state index contributed by atoms with van der Waals surface area (Å²) < 4.78 is 11.7. The predicted octanol–water partition coefficient (Wildman–Crippen LogP) is 2.58. The zero-order chi connectivity index (χ0) is 21.3. The highest BCUT2D eigenvalue weighted by Crippen LogP contribution is 2.35. The van der Waals surface area contributed by atoms with Crippen LogP contribution in [-0.4, -0.2) is 52.9 Å². The molecule has 0 radical (unpaired) electrons. The van der Waals surface area contributed by atoms with Gasteiger partial charge in [0, 0.05) is 6.54 Å². The van der Waals surface area contributed by atoms with Gasteiger partial charge in [0.15, 0.2) is 0 Å². The molecule has 0 amide bonds. The quantitative estimate of drug-likeness (QED) is 0.602. The first kappa shape index (κ1) is 21.1. The number of rotatable bonds is 5. The average molecular weight is 414 g/mol. The van der Waals surface area contributed by atoms with Crippen LogP contribution in [0.25, 0.3) is 0 Å². The largest absolute Gasteiger partial charge is 0.490 e. The third-order valence-electron chi connectivity index (χ3n) is 6.17. The Hall–Kier alpha value is -2.12. The van der Waals surface area contributed by atoms with Crippen molar-refractivity contribution in [2.24, 2.45) is 0 Å². The number of fused-ring (bicyclic) bond motifs is 1. The SMILES string of the molecule is CCc1ccc([C@@H]2O[C@H](CC)[C@@H](O)[C@H](O)[C@H]2O)cc1Cc1ccc2c(c1)NCCO2. The van der Waals surface area contributed by atoms with Crippen LogP contribution >= 0.6 is 0 Å². The van der Waals surface area contributed by atoms with Gasteiger partial charge in [-0.15, -0.1) is 0 Å². The van der Waals surface area contributed by atoms with Crippen LogP contribution < -0.4 is 10.1 Å². The highest BCUT2D eigenvalue weighted by Gasteiger charge is 2.43. The summed E-state index contributed by atoms with van der Waals surface area (Å²) in [5.74, 6) is 0.881. The molecule has 5 atom stereocenters. The number of ether oxygens (including phenoxy) is 2. The first-order chi connectivity index (χ1) is 14.5. The van der Waals surface area contributed by atoms with Crippen molar-refractivity contribution in [3.63, 3.8) is 0 Å². The number of aryl methyl sites for hydroxylation is 1. The fourth-order valence-corrected chi connectivity index (χ4v) is 4.41. The first-order valence-electron chi connectivity index (χ1n) is 10.8. The number of hydrogen-bond donors (Lipinski definition) is 4. The second-order valence-corrected chi connectivity index (χ2v) is 8.14.